The van der Waals surface area contributed by atoms with Crippen LogP contribution in [0, 0.1) is 6.92 Å². The molecule has 0 aliphatic carbocycles. The molecule has 0 aliphatic heterocycles. The molecule has 0 bridgehead atoms. The lowest BCUT2D eigenvalue weighted by atomic mass is 10.4. The van der Waals surface area contributed by atoms with Crippen molar-refractivity contribution in [3.8, 4) is 0 Å². The van der Waals surface area contributed by atoms with Gasteiger partial charge in [-0.1, -0.05) is 11.6 Å². The number of fused-ring (bicyclic) bond motifs is 1. The lowest BCUT2D eigenvalue weighted by Crippen LogP contribution is -2.28. The number of hydrogen-bond acceptors (Lipinski definition) is 6. The third-order valence-corrected chi connectivity index (χ3v) is 6.61. The number of thiazole rings is 2. The van der Waals surface area contributed by atoms with Crippen molar-refractivity contribution in [2.24, 2.45) is 0 Å². The molecule has 0 saturated heterocycles. The number of halogens is 1. The summed E-state index contributed by atoms with van der Waals surface area (Å²) in [6, 6.07) is -0.436. The van der Waals surface area contributed by atoms with Gasteiger partial charge in [-0.25, -0.2) is 23.1 Å². The van der Waals surface area contributed by atoms with E-state index >= 15 is 0 Å². The average Bonchev–Trinajstić information content (AvgIpc) is 3.03. The molecule has 3 aromatic rings. The Morgan fingerprint density at radius 2 is 2.14 bits per heavy atom. The minimum absolute atomic E-state index is 0.0307. The van der Waals surface area contributed by atoms with Crippen LogP contribution >= 0.6 is 34.3 Å². The highest BCUT2D eigenvalue weighted by Crippen LogP contribution is 2.27. The minimum atomic E-state index is -3.79. The molecule has 21 heavy (non-hydrogen) atoms. The molecule has 3 rings (SSSR count). The molecule has 0 radical (unpaired) electrons. The molecule has 3 heterocycles. The summed E-state index contributed by atoms with van der Waals surface area (Å²) >= 11 is 8.71. The Morgan fingerprint density at radius 1 is 1.38 bits per heavy atom. The number of imidazole rings is 1. The highest BCUT2D eigenvalue weighted by molar-refractivity contribution is 7.89. The topological polar surface area (TPSA) is 76.4 Å². The highest BCUT2D eigenvalue weighted by atomic mass is 35.5. The lowest BCUT2D eigenvalue weighted by Gasteiger charge is -2.11. The molecule has 3 aromatic heterocycles. The number of aryl methyl sites for hydroxylation is 1. The van der Waals surface area contributed by atoms with Gasteiger partial charge in [0.1, 0.15) is 5.01 Å². The predicted octanol–water partition coefficient (Wildman–Crippen LogP) is 2.85. The Kier molecular flexibility index (Phi) is 3.78. The first kappa shape index (κ1) is 14.9. The lowest BCUT2D eigenvalue weighted by molar-refractivity contribution is 0.561. The molecule has 10 heteroatoms. The van der Waals surface area contributed by atoms with Crippen molar-refractivity contribution >= 4 is 49.3 Å². The zero-order valence-electron chi connectivity index (χ0n) is 11.1. The maximum Gasteiger partial charge on any atom is 0.260 e. The van der Waals surface area contributed by atoms with E-state index in [4.69, 9.17) is 11.6 Å². The fourth-order valence-corrected chi connectivity index (χ4v) is 5.43. The van der Waals surface area contributed by atoms with E-state index in [1.54, 1.807) is 18.5 Å². The monoisotopic (exact) mass is 362 g/mol. The van der Waals surface area contributed by atoms with E-state index in [1.807, 2.05) is 12.3 Å². The van der Waals surface area contributed by atoms with E-state index in [2.05, 4.69) is 14.7 Å². The minimum Gasteiger partial charge on any atom is -0.279 e. The molecule has 1 N–H and O–H groups in total. The van der Waals surface area contributed by atoms with Crippen LogP contribution in [-0.4, -0.2) is 22.8 Å². The molecule has 1 unspecified atom stereocenters. The van der Waals surface area contributed by atoms with Crippen molar-refractivity contribution in [3.63, 3.8) is 0 Å². The Balaban J connectivity index is 1.97. The van der Waals surface area contributed by atoms with Gasteiger partial charge in [0.2, 0.25) is 0 Å². The van der Waals surface area contributed by atoms with Crippen LogP contribution in [0.1, 0.15) is 23.7 Å². The first-order valence-corrected chi connectivity index (χ1v) is 9.56. The van der Waals surface area contributed by atoms with Crippen LogP contribution in [0.25, 0.3) is 4.96 Å². The number of hydrogen-bond donors (Lipinski definition) is 1. The summed E-state index contributed by atoms with van der Waals surface area (Å²) in [7, 11) is -3.79. The van der Waals surface area contributed by atoms with Gasteiger partial charge in [-0.05, 0) is 13.8 Å². The SMILES string of the molecule is Cc1csc(C(C)NS(=O)(=O)c2c(Cl)nc3sccn23)n1. The van der Waals surface area contributed by atoms with E-state index in [1.165, 1.54) is 27.1 Å². The van der Waals surface area contributed by atoms with Gasteiger partial charge in [0.25, 0.3) is 10.0 Å². The standard InChI is InChI=1S/C11H11ClN4O2S3/c1-6-5-20-9(13-6)7(2)15-21(17,18)10-8(12)14-11-16(10)3-4-19-11/h3-5,7,15H,1-2H3. The maximum absolute atomic E-state index is 12.5. The van der Waals surface area contributed by atoms with Crippen molar-refractivity contribution in [1.29, 1.82) is 0 Å². The molecule has 0 aliphatic rings. The Morgan fingerprint density at radius 3 is 2.81 bits per heavy atom. The molecule has 0 fully saturated rings. The number of rotatable bonds is 4. The van der Waals surface area contributed by atoms with Crippen LogP contribution in [0.3, 0.4) is 0 Å². The highest BCUT2D eigenvalue weighted by Gasteiger charge is 2.27. The molecule has 0 spiro atoms. The van der Waals surface area contributed by atoms with E-state index < -0.39 is 16.1 Å². The quantitative estimate of drug-likeness (QED) is 0.774. The summed E-state index contributed by atoms with van der Waals surface area (Å²) < 4.78 is 29.1. The van der Waals surface area contributed by atoms with Crippen molar-refractivity contribution in [1.82, 2.24) is 19.1 Å². The summed E-state index contributed by atoms with van der Waals surface area (Å²) in [5, 5.41) is 4.27. The van der Waals surface area contributed by atoms with E-state index in [0.29, 0.717) is 9.97 Å². The second-order valence-corrected chi connectivity index (χ2v) is 8.18. The normalized spacial score (nSPS) is 13.9. The predicted molar refractivity (Wildman–Crippen MR) is 83.7 cm³/mol. The molecule has 0 amide bonds. The van der Waals surface area contributed by atoms with Crippen LogP contribution in [0.2, 0.25) is 5.15 Å². The van der Waals surface area contributed by atoms with Gasteiger partial charge in [0.05, 0.1) is 6.04 Å². The second-order valence-electron chi connectivity index (χ2n) is 4.43. The van der Waals surface area contributed by atoms with Crippen molar-refractivity contribution in [3.05, 3.63) is 32.8 Å². The van der Waals surface area contributed by atoms with Gasteiger partial charge >= 0.3 is 0 Å². The van der Waals surface area contributed by atoms with Crippen molar-refractivity contribution in [2.45, 2.75) is 24.9 Å². The third-order valence-electron chi connectivity index (χ3n) is 2.77. The zero-order valence-corrected chi connectivity index (χ0v) is 14.3. The fourth-order valence-electron chi connectivity index (χ4n) is 1.89. The molecule has 0 saturated carbocycles. The van der Waals surface area contributed by atoms with Crippen LogP contribution in [0.5, 0.6) is 0 Å². The summed E-state index contributed by atoms with van der Waals surface area (Å²) in [4.78, 5) is 8.87. The molecule has 6 nitrogen and oxygen atoms in total. The summed E-state index contributed by atoms with van der Waals surface area (Å²) in [5.41, 5.74) is 0.864. The maximum atomic E-state index is 12.5. The van der Waals surface area contributed by atoms with Crippen LogP contribution in [-0.2, 0) is 10.0 Å². The Hall–Kier alpha value is -1.00. The fraction of sp³-hybridized carbons (Fsp3) is 0.273. The molecule has 112 valence electrons. The summed E-state index contributed by atoms with van der Waals surface area (Å²) in [6.45, 7) is 3.61. The van der Waals surface area contributed by atoms with Gasteiger partial charge in [-0.2, -0.15) is 0 Å². The first-order chi connectivity index (χ1) is 9.88. The third kappa shape index (κ3) is 2.71. The number of aromatic nitrogens is 3. The molecular formula is C11H11ClN4O2S3. The van der Waals surface area contributed by atoms with Crippen LogP contribution in [0.4, 0.5) is 0 Å². The van der Waals surface area contributed by atoms with Gasteiger partial charge in [-0.3, -0.25) is 4.40 Å². The Labute approximate surface area is 134 Å². The summed E-state index contributed by atoms with van der Waals surface area (Å²) in [5.74, 6) is 0. The molecule has 1 atom stereocenters. The smallest absolute Gasteiger partial charge is 0.260 e. The largest absolute Gasteiger partial charge is 0.279 e. The number of nitrogens with zero attached hydrogens (tertiary/aromatic N) is 3. The first-order valence-electron chi connectivity index (χ1n) is 5.94. The van der Waals surface area contributed by atoms with Crippen molar-refractivity contribution in [2.75, 3.05) is 0 Å². The van der Waals surface area contributed by atoms with Gasteiger partial charge in [0.15, 0.2) is 15.1 Å². The van der Waals surface area contributed by atoms with Crippen LogP contribution < -0.4 is 4.72 Å². The number of sulfonamides is 1. The van der Waals surface area contributed by atoms with Crippen LogP contribution in [0.15, 0.2) is 22.0 Å². The van der Waals surface area contributed by atoms with Gasteiger partial charge < -0.3 is 0 Å². The number of nitrogens with one attached hydrogen (secondary N) is 1. The molecule has 0 aromatic carbocycles. The zero-order chi connectivity index (χ0) is 15.2. The van der Waals surface area contributed by atoms with E-state index in [0.717, 1.165) is 5.69 Å². The van der Waals surface area contributed by atoms with Gasteiger partial charge in [0, 0.05) is 22.7 Å². The van der Waals surface area contributed by atoms with E-state index in [9.17, 15) is 8.42 Å². The summed E-state index contributed by atoms with van der Waals surface area (Å²) in [6.07, 6.45) is 1.63. The average molecular weight is 363 g/mol. The van der Waals surface area contributed by atoms with E-state index in [-0.39, 0.29) is 10.2 Å². The second kappa shape index (κ2) is 5.33. The van der Waals surface area contributed by atoms with Crippen molar-refractivity contribution < 1.29 is 8.42 Å². The molecular weight excluding hydrogens is 352 g/mol. The van der Waals surface area contributed by atoms with Gasteiger partial charge in [-0.15, -0.1) is 22.7 Å². The Bertz CT molecular complexity index is 896.